The summed E-state index contributed by atoms with van der Waals surface area (Å²) in [6.45, 7) is 3.35. The van der Waals surface area contributed by atoms with Crippen molar-refractivity contribution >= 4 is 50.6 Å². The van der Waals surface area contributed by atoms with E-state index < -0.39 is 46.5 Å². The molecule has 0 aliphatic carbocycles. The molecule has 0 radical (unpaired) electrons. The van der Waals surface area contributed by atoms with Crippen LogP contribution in [0, 0.1) is 0 Å². The lowest BCUT2D eigenvalue weighted by Crippen LogP contribution is -2.42. The van der Waals surface area contributed by atoms with E-state index in [-0.39, 0.29) is 16.9 Å². The van der Waals surface area contributed by atoms with Gasteiger partial charge in [0.1, 0.15) is 12.2 Å². The quantitative estimate of drug-likeness (QED) is 0.0963. The van der Waals surface area contributed by atoms with E-state index in [4.69, 9.17) is 19.8 Å². The van der Waals surface area contributed by atoms with Gasteiger partial charge >= 0.3 is 6.03 Å². The molecule has 0 bridgehead atoms. The van der Waals surface area contributed by atoms with Gasteiger partial charge in [0.05, 0.1) is 11.2 Å². The van der Waals surface area contributed by atoms with Gasteiger partial charge in [0, 0.05) is 43.8 Å². The predicted molar refractivity (Wildman–Crippen MR) is 204 cm³/mol. The number of aliphatic hydroxyl groups excluding tert-OH is 2. The van der Waals surface area contributed by atoms with Gasteiger partial charge in [0.2, 0.25) is 16.0 Å². The summed E-state index contributed by atoms with van der Waals surface area (Å²) in [6, 6.07) is 24.9. The Kier molecular flexibility index (Phi) is 10.9. The van der Waals surface area contributed by atoms with E-state index in [1.54, 1.807) is 6.92 Å². The minimum atomic E-state index is -3.87. The van der Waals surface area contributed by atoms with Gasteiger partial charge in [-0.1, -0.05) is 60.7 Å². The van der Waals surface area contributed by atoms with Crippen LogP contribution in [0.1, 0.15) is 36.6 Å². The normalized spacial score (nSPS) is 21.2. The highest BCUT2D eigenvalue weighted by Gasteiger charge is 2.48. The zero-order chi connectivity index (χ0) is 38.7. The van der Waals surface area contributed by atoms with Gasteiger partial charge in [-0.15, -0.1) is 0 Å². The van der Waals surface area contributed by atoms with E-state index in [0.717, 1.165) is 11.1 Å². The van der Waals surface area contributed by atoms with Gasteiger partial charge in [-0.3, -0.25) is 9.36 Å². The highest BCUT2D eigenvalue weighted by molar-refractivity contribution is 7.89. The Morgan fingerprint density at radius 2 is 1.64 bits per heavy atom. The molecule has 8 N–H and O–H groups in total. The number of urea groups is 1. The van der Waals surface area contributed by atoms with Crippen molar-refractivity contribution in [1.29, 1.82) is 0 Å². The minimum absolute atomic E-state index is 0.0549. The van der Waals surface area contributed by atoms with Crippen LogP contribution in [0.5, 0.6) is 0 Å². The molecule has 18 heteroatoms. The maximum absolute atomic E-state index is 12.9. The second kappa shape index (κ2) is 16.0. The number of sulfonamides is 1. The van der Waals surface area contributed by atoms with Gasteiger partial charge in [-0.2, -0.15) is 9.97 Å². The molecule has 3 amide bonds. The standard InChI is InChI=1S/C37H42N10O7S/c1-2-39-34(50)31-29(48)30(49)35(54-31)47-21-41-28-32(40-19-27(22-9-5-3-6-10-22)23-11-7-4-8-12-23)44-36(45-33(28)47)46-18-17-25(20-46)43-37(51)42-24-13-15-26(16-14-24)55(38,52)53/h3-16,21,25,27,29-31,35,48-49H,2,17-20H2,1H3,(H,39,50)(H2,38,52,53)(H,40,44,45)(H2,42,43,51)/t25-,29+,30-,31+,35-/m1/s1. The third-order valence-electron chi connectivity index (χ3n) is 9.66. The topological polar surface area (TPSA) is 239 Å². The third-order valence-corrected chi connectivity index (χ3v) is 10.6. The lowest BCUT2D eigenvalue weighted by atomic mass is 9.91. The number of amides is 3. The molecule has 55 heavy (non-hydrogen) atoms. The van der Waals surface area contributed by atoms with Crippen molar-refractivity contribution in [2.75, 3.05) is 41.7 Å². The molecule has 5 aromatic rings. The number of aromatic nitrogens is 4. The number of ether oxygens (including phenoxy) is 1. The van der Waals surface area contributed by atoms with Crippen LogP contribution in [0.25, 0.3) is 11.2 Å². The molecule has 2 fully saturated rings. The van der Waals surface area contributed by atoms with E-state index in [9.17, 15) is 28.2 Å². The number of nitrogens with one attached hydrogen (secondary N) is 4. The molecule has 2 aromatic heterocycles. The van der Waals surface area contributed by atoms with E-state index in [2.05, 4.69) is 50.5 Å². The fourth-order valence-corrected chi connectivity index (χ4v) is 7.39. The Morgan fingerprint density at radius 1 is 0.964 bits per heavy atom. The van der Waals surface area contributed by atoms with Crippen LogP contribution in [-0.4, -0.2) is 101 Å². The molecule has 0 unspecified atom stereocenters. The summed E-state index contributed by atoms with van der Waals surface area (Å²) < 4.78 is 30.6. The molecule has 0 saturated carbocycles. The number of nitrogens with zero attached hydrogens (tertiary/aromatic N) is 5. The molecule has 4 heterocycles. The lowest BCUT2D eigenvalue weighted by Gasteiger charge is -2.22. The first-order chi connectivity index (χ1) is 26.5. The lowest BCUT2D eigenvalue weighted by molar-refractivity contribution is -0.137. The fourth-order valence-electron chi connectivity index (χ4n) is 6.87. The van der Waals surface area contributed by atoms with Crippen molar-refractivity contribution in [3.8, 4) is 0 Å². The van der Waals surface area contributed by atoms with Crippen molar-refractivity contribution in [1.82, 2.24) is 30.2 Å². The second-order valence-corrected chi connectivity index (χ2v) is 14.9. The zero-order valence-electron chi connectivity index (χ0n) is 29.8. The highest BCUT2D eigenvalue weighted by Crippen LogP contribution is 2.34. The van der Waals surface area contributed by atoms with E-state index in [1.807, 2.05) is 41.3 Å². The predicted octanol–water partition coefficient (Wildman–Crippen LogP) is 1.87. The number of primary sulfonamides is 1. The van der Waals surface area contributed by atoms with Gasteiger partial charge < -0.3 is 41.1 Å². The molecule has 0 spiro atoms. The number of fused-ring (bicyclic) bond motifs is 1. The first kappa shape index (κ1) is 37.6. The Balaban J connectivity index is 1.16. The molecule has 5 atom stereocenters. The number of hydrogen-bond donors (Lipinski definition) is 7. The number of imidazole rings is 1. The van der Waals surface area contributed by atoms with Crippen LogP contribution in [0.3, 0.4) is 0 Å². The second-order valence-electron chi connectivity index (χ2n) is 13.4. The van der Waals surface area contributed by atoms with Crippen LogP contribution in [-0.2, 0) is 19.6 Å². The summed E-state index contributed by atoms with van der Waals surface area (Å²) in [5.41, 5.74) is 3.26. The summed E-state index contributed by atoms with van der Waals surface area (Å²) in [6.07, 6.45) is -3.44. The number of benzene rings is 3. The molecule has 2 saturated heterocycles. The summed E-state index contributed by atoms with van der Waals surface area (Å²) in [7, 11) is -3.87. The summed E-state index contributed by atoms with van der Waals surface area (Å²) in [5.74, 6) is 0.137. The van der Waals surface area contributed by atoms with Crippen molar-refractivity contribution < 1.29 is 33.0 Å². The number of carbonyl (C=O) groups excluding carboxylic acids is 2. The number of aliphatic hydroxyl groups is 2. The Hall–Kier alpha value is -5.66. The van der Waals surface area contributed by atoms with Crippen molar-refractivity contribution in [3.63, 3.8) is 0 Å². The first-order valence-corrected chi connectivity index (χ1v) is 19.4. The largest absolute Gasteiger partial charge is 0.387 e. The fraction of sp³-hybridized carbons (Fsp3) is 0.324. The van der Waals surface area contributed by atoms with Crippen molar-refractivity contribution in [2.24, 2.45) is 5.14 Å². The van der Waals surface area contributed by atoms with Gasteiger partial charge in [0.25, 0.3) is 5.91 Å². The first-order valence-electron chi connectivity index (χ1n) is 17.8. The van der Waals surface area contributed by atoms with Crippen LogP contribution in [0.2, 0.25) is 0 Å². The maximum atomic E-state index is 12.9. The molecular formula is C37H42N10O7S. The van der Waals surface area contributed by atoms with Crippen molar-refractivity contribution in [3.05, 3.63) is 102 Å². The van der Waals surface area contributed by atoms with Crippen LogP contribution >= 0.6 is 0 Å². The maximum Gasteiger partial charge on any atom is 0.319 e. The number of likely N-dealkylation sites (N-methyl/N-ethyl adjacent to an activating group) is 1. The smallest absolute Gasteiger partial charge is 0.319 e. The van der Waals surface area contributed by atoms with E-state index >= 15 is 0 Å². The zero-order valence-corrected chi connectivity index (χ0v) is 30.6. The average Bonchev–Trinajstić information content (AvgIpc) is 3.90. The van der Waals surface area contributed by atoms with Gasteiger partial charge in [-0.05, 0) is 48.7 Å². The molecule has 288 valence electrons. The molecule has 17 nitrogen and oxygen atoms in total. The summed E-state index contributed by atoms with van der Waals surface area (Å²) in [5, 5.41) is 38.8. The Morgan fingerprint density at radius 3 is 2.27 bits per heavy atom. The highest BCUT2D eigenvalue weighted by atomic mass is 32.2. The molecule has 2 aliphatic heterocycles. The van der Waals surface area contributed by atoms with E-state index in [0.29, 0.717) is 61.2 Å². The molecule has 7 rings (SSSR count). The average molecular weight is 771 g/mol. The van der Waals surface area contributed by atoms with Crippen molar-refractivity contribution in [2.45, 2.75) is 54.7 Å². The number of carbonyl (C=O) groups is 2. The van der Waals surface area contributed by atoms with Gasteiger partial charge in [-0.25, -0.2) is 23.3 Å². The number of anilines is 3. The minimum Gasteiger partial charge on any atom is -0.387 e. The number of hydrogen-bond acceptors (Lipinski definition) is 12. The Bertz CT molecular complexity index is 2200. The summed E-state index contributed by atoms with van der Waals surface area (Å²) >= 11 is 0. The van der Waals surface area contributed by atoms with Gasteiger partial charge in [0.15, 0.2) is 29.3 Å². The monoisotopic (exact) mass is 770 g/mol. The molecule has 2 aliphatic rings. The number of nitrogens with two attached hydrogens (primary N) is 1. The molecular weight excluding hydrogens is 729 g/mol. The van der Waals surface area contributed by atoms with Crippen LogP contribution < -0.4 is 31.3 Å². The molecule has 3 aromatic carbocycles. The van der Waals surface area contributed by atoms with Crippen LogP contribution in [0.15, 0.2) is 96.2 Å². The SMILES string of the molecule is CCNC(=O)[C@H]1O[C@@H](n2cnc3c(NCC(c4ccccc4)c4ccccc4)nc(N4CC[C@@H](NC(=O)Nc5ccc(S(N)(=O)=O)cc5)C4)nc32)[C@H](O)[C@@H]1O. The van der Waals surface area contributed by atoms with Crippen LogP contribution in [0.4, 0.5) is 22.2 Å². The third kappa shape index (κ3) is 8.23. The van der Waals surface area contributed by atoms with E-state index in [1.165, 1.54) is 35.2 Å². The Labute approximate surface area is 317 Å². The number of rotatable bonds is 12. The summed E-state index contributed by atoms with van der Waals surface area (Å²) in [4.78, 5) is 41.8.